The first-order valence-electron chi connectivity index (χ1n) is 5.84. The predicted octanol–water partition coefficient (Wildman–Crippen LogP) is 2.56. The molecule has 0 saturated heterocycles. The fraction of sp³-hybridized carbons (Fsp3) is 0.286. The van der Waals surface area contributed by atoms with Crippen molar-refractivity contribution in [1.82, 2.24) is 5.32 Å². The average molecular weight is 310 g/mol. The number of aliphatic hydroxyl groups excluding tert-OH is 1. The van der Waals surface area contributed by atoms with Crippen LogP contribution < -0.4 is 10.1 Å². The highest BCUT2D eigenvalue weighted by atomic mass is 79.9. The van der Waals surface area contributed by atoms with Gasteiger partial charge in [0, 0.05) is 11.0 Å². The van der Waals surface area contributed by atoms with Gasteiger partial charge >= 0.3 is 0 Å². The smallest absolute Gasteiger partial charge is 0.120 e. The van der Waals surface area contributed by atoms with Crippen molar-refractivity contribution in [3.05, 3.63) is 40.9 Å². The molecule has 2 aromatic carbocycles. The Morgan fingerprint density at radius 2 is 1.94 bits per heavy atom. The number of hydrogen-bond donors (Lipinski definition) is 2. The summed E-state index contributed by atoms with van der Waals surface area (Å²) >= 11 is 3.45. The summed E-state index contributed by atoms with van der Waals surface area (Å²) < 4.78 is 6.62. The van der Waals surface area contributed by atoms with Crippen LogP contribution in [0.25, 0.3) is 10.8 Å². The van der Waals surface area contributed by atoms with Crippen LogP contribution in [0.2, 0.25) is 0 Å². The van der Waals surface area contributed by atoms with E-state index < -0.39 is 6.10 Å². The van der Waals surface area contributed by atoms with Gasteiger partial charge in [0.2, 0.25) is 0 Å². The molecule has 0 radical (unpaired) electrons. The molecule has 0 aliphatic rings. The third-order valence-electron chi connectivity index (χ3n) is 2.66. The lowest BCUT2D eigenvalue weighted by Crippen LogP contribution is -2.29. The quantitative estimate of drug-likeness (QED) is 0.892. The number of nitrogens with one attached hydrogen (secondary N) is 1. The molecule has 18 heavy (non-hydrogen) atoms. The normalized spacial score (nSPS) is 12.6. The number of rotatable bonds is 5. The number of benzene rings is 2. The number of ether oxygens (including phenoxy) is 1. The molecule has 2 aromatic rings. The highest BCUT2D eigenvalue weighted by Crippen LogP contribution is 2.24. The molecule has 2 rings (SSSR count). The molecule has 0 aliphatic carbocycles. The summed E-state index contributed by atoms with van der Waals surface area (Å²) in [5.74, 6) is 0.778. The van der Waals surface area contributed by atoms with Gasteiger partial charge in [-0.15, -0.1) is 0 Å². The van der Waals surface area contributed by atoms with E-state index in [0.717, 1.165) is 21.0 Å². The van der Waals surface area contributed by atoms with Crippen molar-refractivity contribution in [2.75, 3.05) is 20.2 Å². The highest BCUT2D eigenvalue weighted by Gasteiger charge is 2.04. The SMILES string of the molecule is CNCC(O)COc1ccc2cc(Br)ccc2c1. The maximum atomic E-state index is 9.57. The van der Waals surface area contributed by atoms with Gasteiger partial charge in [-0.1, -0.05) is 28.1 Å². The molecule has 0 saturated carbocycles. The maximum Gasteiger partial charge on any atom is 0.120 e. The number of likely N-dealkylation sites (N-methyl/N-ethyl adjacent to an activating group) is 1. The molecule has 1 unspecified atom stereocenters. The molecule has 2 N–H and O–H groups in total. The van der Waals surface area contributed by atoms with Crippen LogP contribution in [0.15, 0.2) is 40.9 Å². The van der Waals surface area contributed by atoms with Crippen molar-refractivity contribution in [3.8, 4) is 5.75 Å². The second-order valence-corrected chi connectivity index (χ2v) is 5.09. The zero-order chi connectivity index (χ0) is 13.0. The van der Waals surface area contributed by atoms with Crippen molar-refractivity contribution in [1.29, 1.82) is 0 Å². The Labute approximate surface area is 115 Å². The van der Waals surface area contributed by atoms with E-state index in [1.807, 2.05) is 30.3 Å². The van der Waals surface area contributed by atoms with Gasteiger partial charge in [-0.25, -0.2) is 0 Å². The van der Waals surface area contributed by atoms with Crippen LogP contribution in [0.5, 0.6) is 5.75 Å². The van der Waals surface area contributed by atoms with E-state index in [0.29, 0.717) is 13.2 Å². The number of aliphatic hydroxyl groups is 1. The van der Waals surface area contributed by atoms with Crippen molar-refractivity contribution in [2.24, 2.45) is 0 Å². The molecular weight excluding hydrogens is 294 g/mol. The number of halogens is 1. The summed E-state index contributed by atoms with van der Waals surface area (Å²) in [5, 5.41) is 14.8. The zero-order valence-electron chi connectivity index (χ0n) is 10.2. The van der Waals surface area contributed by atoms with Gasteiger partial charge in [-0.2, -0.15) is 0 Å². The fourth-order valence-electron chi connectivity index (χ4n) is 1.77. The Balaban J connectivity index is 2.08. The standard InChI is InChI=1S/C14H16BrNO2/c1-16-8-13(17)9-18-14-5-3-10-6-12(15)4-2-11(10)7-14/h2-7,13,16-17H,8-9H2,1H3. The van der Waals surface area contributed by atoms with Gasteiger partial charge in [0.05, 0.1) is 0 Å². The average Bonchev–Trinajstić information content (AvgIpc) is 2.36. The highest BCUT2D eigenvalue weighted by molar-refractivity contribution is 9.10. The minimum Gasteiger partial charge on any atom is -0.491 e. The van der Waals surface area contributed by atoms with E-state index in [4.69, 9.17) is 4.74 Å². The molecule has 0 spiro atoms. The van der Waals surface area contributed by atoms with E-state index in [1.165, 1.54) is 0 Å². The molecule has 0 fully saturated rings. The first kappa shape index (κ1) is 13.3. The van der Waals surface area contributed by atoms with Crippen molar-refractivity contribution < 1.29 is 9.84 Å². The minimum absolute atomic E-state index is 0.295. The van der Waals surface area contributed by atoms with Crippen LogP contribution in [0.1, 0.15) is 0 Å². The van der Waals surface area contributed by atoms with E-state index in [9.17, 15) is 5.11 Å². The molecule has 0 bridgehead atoms. The molecule has 0 aliphatic heterocycles. The van der Waals surface area contributed by atoms with Gasteiger partial charge in [-0.3, -0.25) is 0 Å². The van der Waals surface area contributed by atoms with Gasteiger partial charge < -0.3 is 15.2 Å². The maximum absolute atomic E-state index is 9.57. The second-order valence-electron chi connectivity index (χ2n) is 4.18. The molecule has 0 amide bonds. The molecule has 0 aromatic heterocycles. The topological polar surface area (TPSA) is 41.5 Å². The van der Waals surface area contributed by atoms with Gasteiger partial charge in [-0.05, 0) is 42.1 Å². The second kappa shape index (κ2) is 6.18. The third kappa shape index (κ3) is 3.45. The van der Waals surface area contributed by atoms with Crippen LogP contribution in [-0.4, -0.2) is 31.4 Å². The molecule has 1 atom stereocenters. The Bertz CT molecular complexity index is 530. The van der Waals surface area contributed by atoms with Crippen LogP contribution in [-0.2, 0) is 0 Å². The van der Waals surface area contributed by atoms with E-state index in [-0.39, 0.29) is 0 Å². The summed E-state index contributed by atoms with van der Waals surface area (Å²) in [6.07, 6.45) is -0.490. The van der Waals surface area contributed by atoms with Crippen molar-refractivity contribution in [3.63, 3.8) is 0 Å². The molecular formula is C14H16BrNO2. The third-order valence-corrected chi connectivity index (χ3v) is 3.15. The van der Waals surface area contributed by atoms with Crippen molar-refractivity contribution in [2.45, 2.75) is 6.10 Å². The first-order chi connectivity index (χ1) is 8.69. The van der Waals surface area contributed by atoms with Gasteiger partial charge in [0.25, 0.3) is 0 Å². The Morgan fingerprint density at radius 1 is 1.22 bits per heavy atom. The minimum atomic E-state index is -0.490. The summed E-state index contributed by atoms with van der Waals surface area (Å²) in [4.78, 5) is 0. The summed E-state index contributed by atoms with van der Waals surface area (Å²) in [6, 6.07) is 12.0. The lowest BCUT2D eigenvalue weighted by Gasteiger charge is -2.12. The molecule has 3 nitrogen and oxygen atoms in total. The largest absolute Gasteiger partial charge is 0.491 e. The Hall–Kier alpha value is -1.10. The fourth-order valence-corrected chi connectivity index (χ4v) is 2.15. The lowest BCUT2D eigenvalue weighted by atomic mass is 10.1. The summed E-state index contributed by atoms with van der Waals surface area (Å²) in [5.41, 5.74) is 0. The zero-order valence-corrected chi connectivity index (χ0v) is 11.8. The van der Waals surface area contributed by atoms with E-state index in [2.05, 4.69) is 27.3 Å². The van der Waals surface area contributed by atoms with Crippen LogP contribution in [0.4, 0.5) is 0 Å². The lowest BCUT2D eigenvalue weighted by molar-refractivity contribution is 0.108. The molecule has 96 valence electrons. The molecule has 4 heteroatoms. The Kier molecular flexibility index (Phi) is 4.58. The van der Waals surface area contributed by atoms with E-state index >= 15 is 0 Å². The summed E-state index contributed by atoms with van der Waals surface area (Å²) in [6.45, 7) is 0.823. The Morgan fingerprint density at radius 3 is 2.72 bits per heavy atom. The van der Waals surface area contributed by atoms with E-state index in [1.54, 1.807) is 7.05 Å². The van der Waals surface area contributed by atoms with Gasteiger partial charge in [0.1, 0.15) is 18.5 Å². The van der Waals surface area contributed by atoms with Crippen LogP contribution in [0.3, 0.4) is 0 Å². The number of hydrogen-bond acceptors (Lipinski definition) is 3. The monoisotopic (exact) mass is 309 g/mol. The number of fused-ring (bicyclic) bond motifs is 1. The van der Waals surface area contributed by atoms with Crippen molar-refractivity contribution >= 4 is 26.7 Å². The van der Waals surface area contributed by atoms with Crippen LogP contribution in [0, 0.1) is 0 Å². The molecule has 0 heterocycles. The van der Waals surface area contributed by atoms with Crippen LogP contribution >= 0.6 is 15.9 Å². The predicted molar refractivity (Wildman–Crippen MR) is 77.1 cm³/mol. The summed E-state index contributed by atoms with van der Waals surface area (Å²) in [7, 11) is 1.80. The van der Waals surface area contributed by atoms with Gasteiger partial charge in [0.15, 0.2) is 0 Å². The first-order valence-corrected chi connectivity index (χ1v) is 6.63.